The molecule has 0 saturated heterocycles. The van der Waals surface area contributed by atoms with Gasteiger partial charge in [-0.05, 0) is 31.7 Å². The first-order valence-corrected chi connectivity index (χ1v) is 7.39. The Morgan fingerprint density at radius 1 is 1.45 bits per heavy atom. The fraction of sp³-hybridized carbons (Fsp3) is 0.417. The molecule has 0 aromatic heterocycles. The van der Waals surface area contributed by atoms with Gasteiger partial charge in [0.1, 0.15) is 6.04 Å². The van der Waals surface area contributed by atoms with Gasteiger partial charge in [0, 0.05) is 12.8 Å². The van der Waals surface area contributed by atoms with Gasteiger partial charge in [0.15, 0.2) is 0 Å². The number of carbonyl (C=O) groups excluding carboxylic acids is 1. The van der Waals surface area contributed by atoms with Crippen molar-refractivity contribution in [3.05, 3.63) is 23.8 Å². The van der Waals surface area contributed by atoms with Crippen LogP contribution in [0.4, 0.5) is 5.69 Å². The van der Waals surface area contributed by atoms with Crippen molar-refractivity contribution in [3.8, 4) is 0 Å². The van der Waals surface area contributed by atoms with Crippen molar-refractivity contribution in [1.29, 1.82) is 0 Å². The van der Waals surface area contributed by atoms with Crippen LogP contribution >= 0.6 is 0 Å². The summed E-state index contributed by atoms with van der Waals surface area (Å²) in [5.41, 5.74) is 6.53. The molecule has 0 fully saturated rings. The Hall–Kier alpha value is -1.48. The van der Waals surface area contributed by atoms with Crippen LogP contribution in [0.2, 0.25) is 0 Å². The largest absolute Gasteiger partial charge is 0.383 e. The van der Waals surface area contributed by atoms with Crippen molar-refractivity contribution in [1.82, 2.24) is 4.72 Å². The van der Waals surface area contributed by atoms with E-state index in [0.29, 0.717) is 11.3 Å². The van der Waals surface area contributed by atoms with Crippen LogP contribution in [0.1, 0.15) is 5.56 Å². The van der Waals surface area contributed by atoms with Crippen molar-refractivity contribution in [2.75, 3.05) is 26.1 Å². The molecule has 1 atom stereocenters. The van der Waals surface area contributed by atoms with Crippen LogP contribution in [0.5, 0.6) is 0 Å². The molecule has 0 heterocycles. The Labute approximate surface area is 118 Å². The molecule has 1 aromatic carbocycles. The molecule has 1 aromatic rings. The maximum absolute atomic E-state index is 11.8. The average molecular weight is 301 g/mol. The summed E-state index contributed by atoms with van der Waals surface area (Å²) in [5, 5.41) is 2.55. The van der Waals surface area contributed by atoms with E-state index in [1.165, 1.54) is 20.2 Å². The molecule has 0 radical (unpaired) electrons. The Balaban J connectivity index is 3.00. The molecule has 0 bridgehead atoms. The monoisotopic (exact) mass is 301 g/mol. The molecule has 0 spiro atoms. The SMILES string of the molecule is CNS(=O)(=O)c1cc(NC(=O)C(N)COC)ccc1C. The second kappa shape index (κ2) is 6.80. The first-order valence-electron chi connectivity index (χ1n) is 5.91. The lowest BCUT2D eigenvalue weighted by atomic mass is 10.2. The van der Waals surface area contributed by atoms with Crippen LogP contribution in [0.25, 0.3) is 0 Å². The molecule has 0 saturated carbocycles. The van der Waals surface area contributed by atoms with Crippen LogP contribution in [0, 0.1) is 6.92 Å². The molecule has 1 amide bonds. The molecular formula is C12H19N3O4S. The van der Waals surface area contributed by atoms with Crippen molar-refractivity contribution >= 4 is 21.6 Å². The molecule has 0 aliphatic rings. The highest BCUT2D eigenvalue weighted by Gasteiger charge is 2.17. The number of aryl methyl sites for hydroxylation is 1. The highest BCUT2D eigenvalue weighted by Crippen LogP contribution is 2.19. The van der Waals surface area contributed by atoms with Gasteiger partial charge in [-0.3, -0.25) is 4.79 Å². The summed E-state index contributed by atoms with van der Waals surface area (Å²) in [6.07, 6.45) is 0. The zero-order chi connectivity index (χ0) is 15.3. The minimum absolute atomic E-state index is 0.0827. The molecule has 1 rings (SSSR count). The number of carbonyl (C=O) groups is 1. The van der Waals surface area contributed by atoms with E-state index in [9.17, 15) is 13.2 Å². The van der Waals surface area contributed by atoms with Gasteiger partial charge in [0.2, 0.25) is 15.9 Å². The maximum Gasteiger partial charge on any atom is 0.243 e. The Morgan fingerprint density at radius 2 is 2.10 bits per heavy atom. The first kappa shape index (κ1) is 16.6. The van der Waals surface area contributed by atoms with Gasteiger partial charge in [-0.2, -0.15) is 0 Å². The fourth-order valence-corrected chi connectivity index (χ4v) is 2.56. The van der Waals surface area contributed by atoms with Crippen LogP contribution < -0.4 is 15.8 Å². The van der Waals surface area contributed by atoms with Crippen molar-refractivity contribution in [3.63, 3.8) is 0 Å². The number of benzene rings is 1. The predicted octanol–water partition coefficient (Wildman–Crippen LogP) is -0.185. The Morgan fingerprint density at radius 3 is 2.65 bits per heavy atom. The van der Waals surface area contributed by atoms with Crippen LogP contribution in [0.3, 0.4) is 0 Å². The van der Waals surface area contributed by atoms with Crippen molar-refractivity contribution < 1.29 is 17.9 Å². The van der Waals surface area contributed by atoms with Crippen LogP contribution in [0.15, 0.2) is 23.1 Å². The van der Waals surface area contributed by atoms with Gasteiger partial charge in [-0.25, -0.2) is 13.1 Å². The minimum atomic E-state index is -3.57. The van der Waals surface area contributed by atoms with E-state index >= 15 is 0 Å². The van der Waals surface area contributed by atoms with Gasteiger partial charge in [-0.15, -0.1) is 0 Å². The van der Waals surface area contributed by atoms with Gasteiger partial charge in [-0.1, -0.05) is 6.07 Å². The Kier molecular flexibility index (Phi) is 5.63. The topological polar surface area (TPSA) is 111 Å². The molecule has 1 unspecified atom stereocenters. The second-order valence-electron chi connectivity index (χ2n) is 4.24. The van der Waals surface area contributed by atoms with Crippen LogP contribution in [-0.4, -0.2) is 41.1 Å². The third-order valence-electron chi connectivity index (χ3n) is 2.70. The van der Waals surface area contributed by atoms with E-state index in [2.05, 4.69) is 10.0 Å². The van der Waals surface area contributed by atoms with E-state index in [-0.39, 0.29) is 11.5 Å². The van der Waals surface area contributed by atoms with E-state index in [0.717, 1.165) is 0 Å². The maximum atomic E-state index is 11.8. The normalized spacial score (nSPS) is 13.0. The number of methoxy groups -OCH3 is 1. The van der Waals surface area contributed by atoms with Crippen molar-refractivity contribution in [2.24, 2.45) is 5.73 Å². The van der Waals surface area contributed by atoms with Gasteiger partial charge < -0.3 is 15.8 Å². The number of rotatable bonds is 6. The molecule has 0 aliphatic heterocycles. The first-order chi connectivity index (χ1) is 9.31. The number of nitrogens with one attached hydrogen (secondary N) is 2. The Bertz CT molecular complexity index is 586. The van der Waals surface area contributed by atoms with Gasteiger partial charge >= 0.3 is 0 Å². The number of anilines is 1. The molecule has 0 aliphatic carbocycles. The average Bonchev–Trinajstić information content (AvgIpc) is 2.41. The quantitative estimate of drug-likeness (QED) is 0.675. The number of hydrogen-bond acceptors (Lipinski definition) is 5. The summed E-state index contributed by atoms with van der Waals surface area (Å²) in [6.45, 7) is 1.76. The number of ether oxygens (including phenoxy) is 1. The predicted molar refractivity (Wildman–Crippen MR) is 75.9 cm³/mol. The minimum Gasteiger partial charge on any atom is -0.383 e. The molecular weight excluding hydrogens is 282 g/mol. The van der Waals surface area contributed by atoms with Gasteiger partial charge in [0.05, 0.1) is 11.5 Å². The highest BCUT2D eigenvalue weighted by molar-refractivity contribution is 7.89. The number of hydrogen-bond donors (Lipinski definition) is 3. The summed E-state index contributed by atoms with van der Waals surface area (Å²) in [7, 11) is -0.806. The highest BCUT2D eigenvalue weighted by atomic mass is 32.2. The zero-order valence-corrected chi connectivity index (χ0v) is 12.5. The fourth-order valence-electron chi connectivity index (χ4n) is 1.57. The van der Waals surface area contributed by atoms with Crippen LogP contribution in [-0.2, 0) is 19.6 Å². The van der Waals surface area contributed by atoms with E-state index in [1.807, 2.05) is 0 Å². The third kappa shape index (κ3) is 4.01. The number of amides is 1. The summed E-state index contributed by atoms with van der Waals surface area (Å²) < 4.78 is 30.7. The third-order valence-corrected chi connectivity index (χ3v) is 4.25. The zero-order valence-electron chi connectivity index (χ0n) is 11.6. The standard InChI is InChI=1S/C12H19N3O4S/c1-8-4-5-9(6-11(8)20(17,18)14-2)15-12(16)10(13)7-19-3/h4-6,10,14H,7,13H2,1-3H3,(H,15,16). The lowest BCUT2D eigenvalue weighted by Gasteiger charge is -2.13. The van der Waals surface area contributed by atoms with Gasteiger partial charge in [0.25, 0.3) is 0 Å². The summed E-state index contributed by atoms with van der Waals surface area (Å²) in [4.78, 5) is 11.8. The van der Waals surface area contributed by atoms with Crippen molar-refractivity contribution in [2.45, 2.75) is 17.9 Å². The molecule has 8 heteroatoms. The summed E-state index contributed by atoms with van der Waals surface area (Å²) >= 11 is 0. The van der Waals surface area contributed by atoms with E-state index < -0.39 is 22.0 Å². The molecule has 7 nitrogen and oxygen atoms in total. The summed E-state index contributed by atoms with van der Waals surface area (Å²) in [5.74, 6) is -0.441. The lowest BCUT2D eigenvalue weighted by molar-refractivity contribution is -0.118. The molecule has 4 N–H and O–H groups in total. The second-order valence-corrected chi connectivity index (χ2v) is 6.09. The summed E-state index contributed by atoms with van der Waals surface area (Å²) in [6, 6.07) is 3.80. The number of sulfonamides is 1. The lowest BCUT2D eigenvalue weighted by Crippen LogP contribution is -2.39. The van der Waals surface area contributed by atoms with E-state index in [1.54, 1.807) is 19.1 Å². The molecule has 20 heavy (non-hydrogen) atoms. The van der Waals surface area contributed by atoms with E-state index in [4.69, 9.17) is 10.5 Å². The number of nitrogens with two attached hydrogens (primary N) is 1. The smallest absolute Gasteiger partial charge is 0.243 e. The molecule has 112 valence electrons.